The molecule has 0 atom stereocenters. The molecule has 0 radical (unpaired) electrons. The molecular formula is C23H24N6OS. The van der Waals surface area contributed by atoms with Crippen LogP contribution in [0.1, 0.15) is 41.4 Å². The molecule has 7 nitrogen and oxygen atoms in total. The summed E-state index contributed by atoms with van der Waals surface area (Å²) in [6.45, 7) is 8.29. The molecule has 1 aliphatic carbocycles. The molecule has 1 aliphatic rings. The molecule has 1 saturated carbocycles. The van der Waals surface area contributed by atoms with Crippen LogP contribution >= 0.6 is 11.8 Å². The maximum absolute atomic E-state index is 12.8. The second kappa shape index (κ2) is 8.82. The van der Waals surface area contributed by atoms with Crippen LogP contribution in [0, 0.1) is 25.2 Å². The van der Waals surface area contributed by atoms with Gasteiger partial charge in [0.2, 0.25) is 5.91 Å². The summed E-state index contributed by atoms with van der Waals surface area (Å²) in [5.41, 5.74) is 3.15. The molecule has 158 valence electrons. The number of anilines is 1. The maximum Gasteiger partial charge on any atom is 0.236 e. The fraction of sp³-hybridized carbons (Fsp3) is 0.304. The molecule has 4 rings (SSSR count). The number of carbonyl (C=O) groups excluding carboxylic acids is 1. The number of nitrogens with zero attached hydrogens (tertiary/aromatic N) is 5. The molecule has 0 unspecified atom stereocenters. The van der Waals surface area contributed by atoms with Gasteiger partial charge in [0.1, 0.15) is 17.7 Å². The number of thioether (sulfide) groups is 1. The van der Waals surface area contributed by atoms with E-state index in [0.29, 0.717) is 29.0 Å². The van der Waals surface area contributed by atoms with Crippen LogP contribution in [0.4, 0.5) is 5.82 Å². The standard InChI is InChI=1S/C23H24N6OS/c1-4-12-28-21(17-10-11-17)26-27-23(28)31-14-20(30)25-22-19(13-24)15(2)16(3)29(22)18-8-6-5-7-9-18/h4-9,17H,1,10-12,14H2,2-3H3,(H,25,30). The number of carbonyl (C=O) groups is 1. The first kappa shape index (κ1) is 20.9. The average Bonchev–Trinajstić information content (AvgIpc) is 3.50. The third kappa shape index (κ3) is 4.14. The second-order valence-corrected chi connectivity index (χ2v) is 8.51. The van der Waals surface area contributed by atoms with Crippen LogP contribution in [0.25, 0.3) is 5.69 Å². The number of rotatable bonds is 8. The van der Waals surface area contributed by atoms with Crippen LogP contribution in [0.2, 0.25) is 0 Å². The molecule has 1 N–H and O–H groups in total. The van der Waals surface area contributed by atoms with Gasteiger partial charge in [-0.1, -0.05) is 36.0 Å². The molecule has 0 saturated heterocycles. The lowest BCUT2D eigenvalue weighted by atomic mass is 10.2. The second-order valence-electron chi connectivity index (χ2n) is 7.57. The van der Waals surface area contributed by atoms with Crippen LogP contribution in [0.5, 0.6) is 0 Å². The number of nitrogens with one attached hydrogen (secondary N) is 1. The first-order valence-corrected chi connectivity index (χ1v) is 11.2. The normalized spacial score (nSPS) is 13.1. The molecule has 1 amide bonds. The Morgan fingerprint density at radius 2 is 2.06 bits per heavy atom. The Labute approximate surface area is 185 Å². The summed E-state index contributed by atoms with van der Waals surface area (Å²) in [6, 6.07) is 11.9. The highest BCUT2D eigenvalue weighted by molar-refractivity contribution is 7.99. The average molecular weight is 433 g/mol. The van der Waals surface area contributed by atoms with Crippen molar-refractivity contribution in [2.75, 3.05) is 11.1 Å². The van der Waals surface area contributed by atoms with E-state index in [2.05, 4.69) is 28.2 Å². The van der Waals surface area contributed by atoms with Crippen molar-refractivity contribution in [3.8, 4) is 11.8 Å². The van der Waals surface area contributed by atoms with Crippen molar-refractivity contribution < 1.29 is 4.79 Å². The van der Waals surface area contributed by atoms with Crippen LogP contribution < -0.4 is 5.32 Å². The Hall–Kier alpha value is -3.31. The van der Waals surface area contributed by atoms with Gasteiger partial charge >= 0.3 is 0 Å². The van der Waals surface area contributed by atoms with E-state index in [-0.39, 0.29) is 11.7 Å². The lowest BCUT2D eigenvalue weighted by molar-refractivity contribution is -0.113. The summed E-state index contributed by atoms with van der Waals surface area (Å²) in [4.78, 5) is 12.8. The van der Waals surface area contributed by atoms with Crippen LogP contribution in [-0.2, 0) is 11.3 Å². The molecule has 2 heterocycles. The predicted octanol–water partition coefficient (Wildman–Crippen LogP) is 4.35. The lowest BCUT2D eigenvalue weighted by Gasteiger charge is -2.13. The number of aromatic nitrogens is 4. The van der Waals surface area contributed by atoms with Gasteiger partial charge in [0, 0.05) is 23.8 Å². The van der Waals surface area contributed by atoms with Gasteiger partial charge in [-0.15, -0.1) is 16.8 Å². The molecule has 1 aromatic carbocycles. The lowest BCUT2D eigenvalue weighted by Crippen LogP contribution is -2.18. The highest BCUT2D eigenvalue weighted by atomic mass is 32.2. The van der Waals surface area contributed by atoms with E-state index in [0.717, 1.165) is 35.6 Å². The summed E-state index contributed by atoms with van der Waals surface area (Å²) in [5.74, 6) is 1.91. The minimum atomic E-state index is -0.197. The molecule has 2 aromatic heterocycles. The number of para-hydroxylation sites is 1. The number of benzene rings is 1. The zero-order valence-corrected chi connectivity index (χ0v) is 18.4. The number of nitriles is 1. The Balaban J connectivity index is 1.55. The summed E-state index contributed by atoms with van der Waals surface area (Å²) >= 11 is 1.34. The minimum Gasteiger partial charge on any atom is -0.310 e. The number of hydrogen-bond acceptors (Lipinski definition) is 5. The van der Waals surface area contributed by atoms with Gasteiger partial charge in [-0.3, -0.25) is 9.36 Å². The molecule has 3 aromatic rings. The van der Waals surface area contributed by atoms with Gasteiger partial charge in [0.15, 0.2) is 5.16 Å². The third-order valence-corrected chi connectivity index (χ3v) is 6.40. The van der Waals surface area contributed by atoms with E-state index >= 15 is 0 Å². The first-order valence-electron chi connectivity index (χ1n) is 10.2. The van der Waals surface area contributed by atoms with Gasteiger partial charge in [0.05, 0.1) is 11.3 Å². The van der Waals surface area contributed by atoms with Gasteiger partial charge in [-0.25, -0.2) is 0 Å². The van der Waals surface area contributed by atoms with E-state index in [1.165, 1.54) is 11.8 Å². The summed E-state index contributed by atoms with van der Waals surface area (Å²) < 4.78 is 3.95. The monoisotopic (exact) mass is 432 g/mol. The van der Waals surface area contributed by atoms with Gasteiger partial charge < -0.3 is 9.88 Å². The van der Waals surface area contributed by atoms with E-state index < -0.39 is 0 Å². The SMILES string of the molecule is C=CCn1c(SCC(=O)Nc2c(C#N)c(C)c(C)n2-c2ccccc2)nnc1C1CC1. The summed E-state index contributed by atoms with van der Waals surface area (Å²) in [6.07, 6.45) is 4.08. The number of amides is 1. The van der Waals surface area contributed by atoms with Crippen LogP contribution in [-0.4, -0.2) is 31.0 Å². The zero-order valence-electron chi connectivity index (χ0n) is 17.6. The third-order valence-electron chi connectivity index (χ3n) is 5.43. The van der Waals surface area contributed by atoms with E-state index in [1.807, 2.05) is 59.4 Å². The molecule has 0 spiro atoms. The fourth-order valence-corrected chi connectivity index (χ4v) is 4.36. The zero-order chi connectivity index (χ0) is 22.0. The predicted molar refractivity (Wildman–Crippen MR) is 122 cm³/mol. The first-order chi connectivity index (χ1) is 15.0. The van der Waals surface area contributed by atoms with E-state index in [1.54, 1.807) is 0 Å². The minimum absolute atomic E-state index is 0.170. The summed E-state index contributed by atoms with van der Waals surface area (Å²) in [5, 5.41) is 22.0. The van der Waals surface area contributed by atoms with Gasteiger partial charge in [-0.2, -0.15) is 5.26 Å². The van der Waals surface area contributed by atoms with Gasteiger partial charge in [-0.05, 0) is 44.4 Å². The van der Waals surface area contributed by atoms with Crippen LogP contribution in [0.3, 0.4) is 0 Å². The van der Waals surface area contributed by atoms with Crippen molar-refractivity contribution in [1.82, 2.24) is 19.3 Å². The van der Waals surface area contributed by atoms with Crippen molar-refractivity contribution >= 4 is 23.5 Å². The van der Waals surface area contributed by atoms with Crippen molar-refractivity contribution in [2.45, 2.75) is 44.3 Å². The Bertz CT molecular complexity index is 1170. The quantitative estimate of drug-likeness (QED) is 0.422. The van der Waals surface area contributed by atoms with Crippen molar-refractivity contribution in [3.05, 3.63) is 65.6 Å². The molecule has 8 heteroatoms. The van der Waals surface area contributed by atoms with Crippen LogP contribution in [0.15, 0.2) is 48.1 Å². The number of hydrogen-bond donors (Lipinski definition) is 1. The fourth-order valence-electron chi connectivity index (χ4n) is 3.61. The smallest absolute Gasteiger partial charge is 0.236 e. The maximum atomic E-state index is 12.8. The van der Waals surface area contributed by atoms with Crippen molar-refractivity contribution in [1.29, 1.82) is 5.26 Å². The molecule has 0 bridgehead atoms. The van der Waals surface area contributed by atoms with Gasteiger partial charge in [0.25, 0.3) is 0 Å². The highest BCUT2D eigenvalue weighted by Crippen LogP contribution is 2.40. The Kier molecular flexibility index (Phi) is 5.96. The van der Waals surface area contributed by atoms with Crippen molar-refractivity contribution in [3.63, 3.8) is 0 Å². The van der Waals surface area contributed by atoms with E-state index in [4.69, 9.17) is 0 Å². The van der Waals surface area contributed by atoms with E-state index in [9.17, 15) is 10.1 Å². The molecule has 0 aliphatic heterocycles. The highest BCUT2D eigenvalue weighted by Gasteiger charge is 2.30. The molecule has 1 fully saturated rings. The summed E-state index contributed by atoms with van der Waals surface area (Å²) in [7, 11) is 0. The molecular weight excluding hydrogens is 408 g/mol. The Morgan fingerprint density at radius 1 is 1.32 bits per heavy atom. The Morgan fingerprint density at radius 3 is 2.71 bits per heavy atom. The topological polar surface area (TPSA) is 88.5 Å². The molecule has 31 heavy (non-hydrogen) atoms. The van der Waals surface area contributed by atoms with Crippen molar-refractivity contribution in [2.24, 2.45) is 0 Å². The number of allylic oxidation sites excluding steroid dienone is 1. The largest absolute Gasteiger partial charge is 0.310 e.